The van der Waals surface area contributed by atoms with E-state index in [4.69, 9.17) is 22.2 Å². The van der Waals surface area contributed by atoms with Crippen molar-refractivity contribution in [3.63, 3.8) is 0 Å². The lowest BCUT2D eigenvalue weighted by Gasteiger charge is -2.14. The normalized spacial score (nSPS) is 11.8. The summed E-state index contributed by atoms with van der Waals surface area (Å²) in [4.78, 5) is 19.2. The van der Waals surface area contributed by atoms with Crippen LogP contribution >= 0.6 is 11.6 Å². The van der Waals surface area contributed by atoms with Crippen molar-refractivity contribution in [2.75, 3.05) is 17.3 Å². The minimum Gasteiger partial charge on any atom is -0.464 e. The van der Waals surface area contributed by atoms with Crippen molar-refractivity contribution in [1.29, 1.82) is 0 Å². The van der Waals surface area contributed by atoms with Gasteiger partial charge in [0.25, 0.3) is 0 Å². The van der Waals surface area contributed by atoms with Gasteiger partial charge in [-0.1, -0.05) is 11.6 Å². The molecule has 0 saturated heterocycles. The number of carbonyl (C=O) groups is 1. The lowest BCUT2D eigenvalue weighted by Crippen LogP contribution is -2.29. The molecule has 1 atom stereocenters. The molecule has 1 unspecified atom stereocenters. The second-order valence-corrected chi connectivity index (χ2v) is 3.56. The van der Waals surface area contributed by atoms with E-state index in [0.717, 1.165) is 0 Å². The van der Waals surface area contributed by atoms with Crippen LogP contribution in [0, 0.1) is 0 Å². The Morgan fingerprint density at radius 2 is 2.41 bits per heavy atom. The molecule has 0 aliphatic carbocycles. The summed E-state index contributed by atoms with van der Waals surface area (Å²) in [6, 6.07) is -0.562. The zero-order chi connectivity index (χ0) is 12.8. The molecule has 0 aromatic carbocycles. The van der Waals surface area contributed by atoms with Gasteiger partial charge in [0.2, 0.25) is 5.95 Å². The number of ether oxygens (including phenoxy) is 1. The van der Waals surface area contributed by atoms with Gasteiger partial charge in [-0.2, -0.15) is 4.98 Å². The fourth-order valence-electron chi connectivity index (χ4n) is 1.07. The van der Waals surface area contributed by atoms with Gasteiger partial charge in [-0.3, -0.25) is 5.43 Å². The van der Waals surface area contributed by atoms with Gasteiger partial charge in [-0.15, -0.1) is 0 Å². The zero-order valence-corrected chi connectivity index (χ0v) is 10.3. The van der Waals surface area contributed by atoms with Gasteiger partial charge < -0.3 is 10.1 Å². The van der Waals surface area contributed by atoms with Crippen molar-refractivity contribution in [1.82, 2.24) is 9.97 Å². The van der Waals surface area contributed by atoms with E-state index < -0.39 is 6.04 Å². The van der Waals surface area contributed by atoms with E-state index in [2.05, 4.69) is 20.7 Å². The van der Waals surface area contributed by atoms with E-state index in [1.807, 2.05) is 0 Å². The van der Waals surface area contributed by atoms with Crippen LogP contribution in [0.25, 0.3) is 0 Å². The van der Waals surface area contributed by atoms with Crippen molar-refractivity contribution in [3.8, 4) is 0 Å². The molecule has 0 aliphatic heterocycles. The molecule has 4 N–H and O–H groups in total. The summed E-state index contributed by atoms with van der Waals surface area (Å²) in [5.74, 6) is 5.30. The Morgan fingerprint density at radius 1 is 1.71 bits per heavy atom. The number of aromatic nitrogens is 2. The predicted octanol–water partition coefficient (Wildman–Crippen LogP) is 0.779. The largest absolute Gasteiger partial charge is 0.464 e. The van der Waals surface area contributed by atoms with Gasteiger partial charge in [0.05, 0.1) is 12.8 Å². The standard InChI is InChI=1S/C9H14ClN5O2/c1-3-17-8(16)5(2)13-7-6(10)4-12-9(14-7)15-11/h4-5H,3,11H2,1-2H3,(H2,12,13,14,15). The van der Waals surface area contributed by atoms with Crippen LogP contribution in [0.15, 0.2) is 6.20 Å². The van der Waals surface area contributed by atoms with Gasteiger partial charge in [-0.05, 0) is 13.8 Å². The Kier molecular flexibility index (Phi) is 4.92. The first kappa shape index (κ1) is 13.5. The predicted molar refractivity (Wildman–Crippen MR) is 64.6 cm³/mol. The maximum Gasteiger partial charge on any atom is 0.328 e. The monoisotopic (exact) mass is 259 g/mol. The van der Waals surface area contributed by atoms with E-state index in [-0.39, 0.29) is 11.9 Å². The molecule has 8 heteroatoms. The first-order valence-electron chi connectivity index (χ1n) is 5.00. The Hall–Kier alpha value is -1.60. The number of nitrogens with zero attached hydrogens (tertiary/aromatic N) is 2. The van der Waals surface area contributed by atoms with Crippen LogP contribution in [0.5, 0.6) is 0 Å². The summed E-state index contributed by atoms with van der Waals surface area (Å²) in [5, 5.41) is 3.11. The van der Waals surface area contributed by atoms with Gasteiger partial charge in [0.1, 0.15) is 11.1 Å². The summed E-state index contributed by atoms with van der Waals surface area (Å²) in [7, 11) is 0. The van der Waals surface area contributed by atoms with Crippen LogP contribution in [0.1, 0.15) is 13.8 Å². The molecule has 0 fully saturated rings. The van der Waals surface area contributed by atoms with Crippen molar-refractivity contribution >= 4 is 29.3 Å². The second kappa shape index (κ2) is 6.21. The lowest BCUT2D eigenvalue weighted by atomic mass is 10.3. The van der Waals surface area contributed by atoms with E-state index >= 15 is 0 Å². The Labute approximate surface area is 104 Å². The van der Waals surface area contributed by atoms with Gasteiger partial charge in [0.15, 0.2) is 5.82 Å². The first-order valence-corrected chi connectivity index (χ1v) is 5.38. The van der Waals surface area contributed by atoms with Gasteiger partial charge >= 0.3 is 5.97 Å². The molecule has 0 radical (unpaired) electrons. The van der Waals surface area contributed by atoms with Crippen LogP contribution in [-0.2, 0) is 9.53 Å². The number of anilines is 2. The molecule has 0 saturated carbocycles. The maximum atomic E-state index is 11.4. The second-order valence-electron chi connectivity index (χ2n) is 3.15. The number of nitrogen functional groups attached to an aromatic ring is 1. The number of hydrazine groups is 1. The summed E-state index contributed by atoms with van der Waals surface area (Å²) in [6.07, 6.45) is 1.38. The average molecular weight is 260 g/mol. The van der Waals surface area contributed by atoms with Crippen LogP contribution in [0.2, 0.25) is 5.02 Å². The van der Waals surface area contributed by atoms with Crippen LogP contribution < -0.4 is 16.6 Å². The molecule has 0 spiro atoms. The number of esters is 1. The third-order valence-corrected chi connectivity index (χ3v) is 2.14. The molecular weight excluding hydrogens is 246 g/mol. The van der Waals surface area contributed by atoms with Crippen LogP contribution in [0.4, 0.5) is 11.8 Å². The first-order chi connectivity index (χ1) is 8.08. The minimum absolute atomic E-state index is 0.202. The van der Waals surface area contributed by atoms with Crippen molar-refractivity contribution in [2.24, 2.45) is 5.84 Å². The molecule has 0 bridgehead atoms. The molecule has 1 rings (SSSR count). The van der Waals surface area contributed by atoms with E-state index in [1.54, 1.807) is 13.8 Å². The molecule has 1 heterocycles. The van der Waals surface area contributed by atoms with Crippen LogP contribution in [-0.4, -0.2) is 28.6 Å². The number of nitrogens with one attached hydrogen (secondary N) is 2. The minimum atomic E-state index is -0.562. The Morgan fingerprint density at radius 3 is 3.00 bits per heavy atom. The highest BCUT2D eigenvalue weighted by Crippen LogP contribution is 2.19. The number of hydrogen-bond donors (Lipinski definition) is 3. The van der Waals surface area contributed by atoms with Gasteiger partial charge in [0, 0.05) is 0 Å². The number of nitrogens with two attached hydrogens (primary N) is 1. The Bertz CT molecular complexity index is 401. The van der Waals surface area contributed by atoms with E-state index in [9.17, 15) is 4.79 Å². The number of carbonyl (C=O) groups excluding carboxylic acids is 1. The summed E-state index contributed by atoms with van der Waals surface area (Å²) in [5.41, 5.74) is 2.29. The highest BCUT2D eigenvalue weighted by molar-refractivity contribution is 6.32. The fraction of sp³-hybridized carbons (Fsp3) is 0.444. The smallest absolute Gasteiger partial charge is 0.328 e. The third kappa shape index (κ3) is 3.72. The molecule has 0 aliphatic rings. The molecule has 1 aromatic heterocycles. The van der Waals surface area contributed by atoms with Crippen molar-refractivity contribution < 1.29 is 9.53 Å². The quantitative estimate of drug-likeness (QED) is 0.408. The zero-order valence-electron chi connectivity index (χ0n) is 9.53. The maximum absolute atomic E-state index is 11.4. The topological polar surface area (TPSA) is 102 Å². The van der Waals surface area contributed by atoms with Gasteiger partial charge in [-0.25, -0.2) is 15.6 Å². The molecule has 7 nitrogen and oxygen atoms in total. The SMILES string of the molecule is CCOC(=O)C(C)Nc1nc(NN)ncc1Cl. The van der Waals surface area contributed by atoms with Crippen molar-refractivity contribution in [3.05, 3.63) is 11.2 Å². The lowest BCUT2D eigenvalue weighted by molar-refractivity contribution is -0.143. The van der Waals surface area contributed by atoms with Crippen molar-refractivity contribution in [2.45, 2.75) is 19.9 Å². The summed E-state index contributed by atoms with van der Waals surface area (Å²) >= 11 is 5.87. The highest BCUT2D eigenvalue weighted by Gasteiger charge is 2.16. The Balaban J connectivity index is 2.76. The third-order valence-electron chi connectivity index (χ3n) is 1.87. The van der Waals surface area contributed by atoms with E-state index in [0.29, 0.717) is 17.4 Å². The highest BCUT2D eigenvalue weighted by atomic mass is 35.5. The molecule has 1 aromatic rings. The molecule has 94 valence electrons. The fourth-order valence-corrected chi connectivity index (χ4v) is 1.21. The number of rotatable bonds is 5. The number of halogens is 1. The number of hydrogen-bond acceptors (Lipinski definition) is 7. The van der Waals surface area contributed by atoms with E-state index in [1.165, 1.54) is 6.20 Å². The summed E-state index contributed by atoms with van der Waals surface area (Å²) in [6.45, 7) is 3.70. The molecule has 0 amide bonds. The molecule has 17 heavy (non-hydrogen) atoms. The summed E-state index contributed by atoms with van der Waals surface area (Å²) < 4.78 is 4.84. The molecular formula is C9H14ClN5O2. The average Bonchev–Trinajstić information content (AvgIpc) is 2.32. The van der Waals surface area contributed by atoms with Crippen LogP contribution in [0.3, 0.4) is 0 Å².